The molecule has 0 aliphatic heterocycles. The van der Waals surface area contributed by atoms with Crippen LogP contribution in [0.4, 0.5) is 4.79 Å². The number of benzene rings is 2. The molecule has 0 atom stereocenters. The molecule has 148 valence electrons. The molecule has 2 heterocycles. The number of ether oxygens (including phenoxy) is 1. The summed E-state index contributed by atoms with van der Waals surface area (Å²) in [6.07, 6.45) is -0.417. The van der Waals surface area contributed by atoms with Gasteiger partial charge in [0.1, 0.15) is 22.7 Å². The highest BCUT2D eigenvalue weighted by atomic mass is 16.6. The van der Waals surface area contributed by atoms with Crippen LogP contribution in [0, 0.1) is 6.92 Å². The molecule has 6 heteroatoms. The zero-order valence-electron chi connectivity index (χ0n) is 16.5. The highest BCUT2D eigenvalue weighted by Gasteiger charge is 2.18. The fraction of sp³-hybridized carbons (Fsp3) is 0.217. The molecule has 0 unspecified atom stereocenters. The summed E-state index contributed by atoms with van der Waals surface area (Å²) in [5.74, 6) is 0.967. The number of para-hydroxylation sites is 1. The van der Waals surface area contributed by atoms with Crippen LogP contribution in [0.5, 0.6) is 5.75 Å². The standard InChI is InChI=1S/C23H21NO5/c1-4-24(5-2)23(26)29-19-12-16-17(13-22(25)28-20(16)10-14(19)3)21-11-15-8-6-7-9-18(15)27-21/h6-13H,4-5H2,1-3H3. The summed E-state index contributed by atoms with van der Waals surface area (Å²) in [7, 11) is 0. The van der Waals surface area contributed by atoms with Gasteiger partial charge >= 0.3 is 11.7 Å². The number of hydrogen-bond acceptors (Lipinski definition) is 5. The number of amides is 1. The van der Waals surface area contributed by atoms with Crippen molar-refractivity contribution in [2.45, 2.75) is 20.8 Å². The Morgan fingerprint density at radius 3 is 2.48 bits per heavy atom. The third kappa shape index (κ3) is 3.49. The Bertz CT molecular complexity index is 1230. The lowest BCUT2D eigenvalue weighted by atomic mass is 10.0. The quantitative estimate of drug-likeness (QED) is 0.438. The maximum atomic E-state index is 12.4. The maximum absolute atomic E-state index is 12.4. The van der Waals surface area contributed by atoms with Crippen molar-refractivity contribution in [3.63, 3.8) is 0 Å². The van der Waals surface area contributed by atoms with Crippen molar-refractivity contribution in [1.29, 1.82) is 0 Å². The molecule has 6 nitrogen and oxygen atoms in total. The third-order valence-electron chi connectivity index (χ3n) is 4.95. The minimum absolute atomic E-state index is 0.410. The van der Waals surface area contributed by atoms with Gasteiger partial charge in [0.15, 0.2) is 0 Å². The van der Waals surface area contributed by atoms with E-state index in [2.05, 4.69) is 0 Å². The van der Waals surface area contributed by atoms with Crippen LogP contribution in [0.15, 0.2) is 62.2 Å². The molecule has 0 fully saturated rings. The van der Waals surface area contributed by atoms with Crippen molar-refractivity contribution in [3.8, 4) is 17.1 Å². The molecular weight excluding hydrogens is 370 g/mol. The number of hydrogen-bond donors (Lipinski definition) is 0. The van der Waals surface area contributed by atoms with Gasteiger partial charge in [0.2, 0.25) is 0 Å². The summed E-state index contributed by atoms with van der Waals surface area (Å²) in [6.45, 7) is 6.71. The molecule has 4 aromatic rings. The van der Waals surface area contributed by atoms with Crippen LogP contribution in [-0.2, 0) is 0 Å². The SMILES string of the molecule is CCN(CC)C(=O)Oc1cc2c(-c3cc4ccccc4o3)cc(=O)oc2cc1C. The Labute approximate surface area is 167 Å². The molecule has 0 saturated heterocycles. The summed E-state index contributed by atoms with van der Waals surface area (Å²) in [6, 6.07) is 14.3. The minimum atomic E-state index is -0.472. The molecule has 2 aromatic carbocycles. The van der Waals surface area contributed by atoms with Gasteiger partial charge in [0.05, 0.1) is 0 Å². The predicted molar refractivity (Wildman–Crippen MR) is 111 cm³/mol. The van der Waals surface area contributed by atoms with Crippen LogP contribution in [-0.4, -0.2) is 24.1 Å². The van der Waals surface area contributed by atoms with E-state index in [1.807, 2.05) is 44.2 Å². The minimum Gasteiger partial charge on any atom is -0.456 e. The first-order valence-electron chi connectivity index (χ1n) is 9.54. The summed E-state index contributed by atoms with van der Waals surface area (Å²) in [4.78, 5) is 26.1. The number of nitrogens with zero attached hydrogens (tertiary/aromatic N) is 1. The van der Waals surface area contributed by atoms with Crippen LogP contribution in [0.25, 0.3) is 33.3 Å². The van der Waals surface area contributed by atoms with E-state index >= 15 is 0 Å². The molecule has 0 radical (unpaired) electrons. The lowest BCUT2D eigenvalue weighted by Crippen LogP contribution is -2.33. The van der Waals surface area contributed by atoms with Crippen LogP contribution >= 0.6 is 0 Å². The zero-order chi connectivity index (χ0) is 20.5. The first-order valence-corrected chi connectivity index (χ1v) is 9.54. The average Bonchev–Trinajstić information content (AvgIpc) is 3.13. The summed E-state index contributed by atoms with van der Waals surface area (Å²) < 4.78 is 16.9. The summed E-state index contributed by atoms with van der Waals surface area (Å²) in [5.41, 5.74) is 1.95. The second-order valence-corrected chi connectivity index (χ2v) is 6.78. The van der Waals surface area contributed by atoms with E-state index in [1.165, 1.54) is 6.07 Å². The van der Waals surface area contributed by atoms with Gasteiger partial charge in [-0.2, -0.15) is 0 Å². The monoisotopic (exact) mass is 391 g/mol. The largest absolute Gasteiger partial charge is 0.456 e. The van der Waals surface area contributed by atoms with Crippen LogP contribution < -0.4 is 10.4 Å². The van der Waals surface area contributed by atoms with E-state index in [9.17, 15) is 9.59 Å². The average molecular weight is 391 g/mol. The van der Waals surface area contributed by atoms with Gasteiger partial charge in [-0.1, -0.05) is 18.2 Å². The summed E-state index contributed by atoms with van der Waals surface area (Å²) in [5, 5.41) is 1.57. The van der Waals surface area contributed by atoms with Crippen LogP contribution in [0.1, 0.15) is 19.4 Å². The Hall–Kier alpha value is -3.54. The summed E-state index contributed by atoms with van der Waals surface area (Å²) >= 11 is 0. The Balaban J connectivity index is 1.86. The first-order chi connectivity index (χ1) is 14.0. The van der Waals surface area contributed by atoms with Gasteiger partial charge in [0, 0.05) is 35.5 Å². The lowest BCUT2D eigenvalue weighted by Gasteiger charge is -2.19. The predicted octanol–water partition coefficient (Wildman–Crippen LogP) is 5.36. The number of aryl methyl sites for hydroxylation is 1. The van der Waals surface area contributed by atoms with E-state index < -0.39 is 11.7 Å². The van der Waals surface area contributed by atoms with E-state index in [1.54, 1.807) is 24.0 Å². The van der Waals surface area contributed by atoms with Gasteiger partial charge in [-0.25, -0.2) is 9.59 Å². The fourth-order valence-corrected chi connectivity index (χ4v) is 3.36. The highest BCUT2D eigenvalue weighted by molar-refractivity contribution is 5.96. The van der Waals surface area contributed by atoms with E-state index in [0.717, 1.165) is 11.0 Å². The second kappa shape index (κ2) is 7.47. The molecule has 29 heavy (non-hydrogen) atoms. The Morgan fingerprint density at radius 1 is 1.00 bits per heavy atom. The zero-order valence-corrected chi connectivity index (χ0v) is 16.5. The van der Waals surface area contributed by atoms with Gasteiger partial charge in [-0.15, -0.1) is 0 Å². The van der Waals surface area contributed by atoms with Crippen LogP contribution in [0.3, 0.4) is 0 Å². The number of carbonyl (C=O) groups excluding carboxylic acids is 1. The molecule has 0 saturated carbocycles. The second-order valence-electron chi connectivity index (χ2n) is 6.78. The third-order valence-corrected chi connectivity index (χ3v) is 4.95. The number of fused-ring (bicyclic) bond motifs is 2. The molecule has 0 N–H and O–H groups in total. The molecule has 4 rings (SSSR count). The molecule has 0 aliphatic rings. The van der Waals surface area contributed by atoms with Crippen molar-refractivity contribution < 1.29 is 18.4 Å². The Morgan fingerprint density at radius 2 is 1.76 bits per heavy atom. The van der Waals surface area contributed by atoms with Crippen LogP contribution in [0.2, 0.25) is 0 Å². The lowest BCUT2D eigenvalue weighted by molar-refractivity contribution is 0.157. The van der Waals surface area contributed by atoms with E-state index in [-0.39, 0.29) is 0 Å². The normalized spacial score (nSPS) is 11.1. The smallest absolute Gasteiger partial charge is 0.415 e. The highest BCUT2D eigenvalue weighted by Crippen LogP contribution is 2.35. The first kappa shape index (κ1) is 18.8. The molecule has 0 aliphatic carbocycles. The van der Waals surface area contributed by atoms with Gasteiger partial charge in [-0.05, 0) is 50.6 Å². The molecular formula is C23H21NO5. The van der Waals surface area contributed by atoms with Crippen molar-refractivity contribution in [2.75, 3.05) is 13.1 Å². The molecule has 0 bridgehead atoms. The number of furan rings is 1. The molecule has 2 aromatic heterocycles. The van der Waals surface area contributed by atoms with Crippen molar-refractivity contribution in [1.82, 2.24) is 4.90 Å². The van der Waals surface area contributed by atoms with Gasteiger partial charge in [-0.3, -0.25) is 0 Å². The van der Waals surface area contributed by atoms with Gasteiger partial charge in [0.25, 0.3) is 0 Å². The van der Waals surface area contributed by atoms with E-state index in [4.69, 9.17) is 13.6 Å². The van der Waals surface area contributed by atoms with Crippen molar-refractivity contribution in [2.24, 2.45) is 0 Å². The molecule has 1 amide bonds. The Kier molecular flexibility index (Phi) is 4.84. The molecule has 0 spiro atoms. The van der Waals surface area contributed by atoms with E-state index in [0.29, 0.717) is 46.7 Å². The maximum Gasteiger partial charge on any atom is 0.415 e. The fourth-order valence-electron chi connectivity index (χ4n) is 3.36. The van der Waals surface area contributed by atoms with Crippen molar-refractivity contribution in [3.05, 3.63) is 64.5 Å². The number of rotatable bonds is 4. The van der Waals surface area contributed by atoms with Crippen molar-refractivity contribution >= 4 is 28.0 Å². The van der Waals surface area contributed by atoms with Gasteiger partial charge < -0.3 is 18.5 Å². The number of carbonyl (C=O) groups is 1. The topological polar surface area (TPSA) is 72.9 Å².